The van der Waals surface area contributed by atoms with Crippen molar-refractivity contribution in [1.29, 1.82) is 0 Å². The molecule has 0 saturated heterocycles. The van der Waals surface area contributed by atoms with E-state index in [0.717, 1.165) is 30.4 Å². The van der Waals surface area contributed by atoms with Crippen LogP contribution in [0.4, 0.5) is 0 Å². The molecule has 0 radical (unpaired) electrons. The van der Waals surface area contributed by atoms with Gasteiger partial charge < -0.3 is 5.11 Å². The highest BCUT2D eigenvalue weighted by Gasteiger charge is 2.40. The van der Waals surface area contributed by atoms with E-state index in [0.29, 0.717) is 0 Å². The van der Waals surface area contributed by atoms with Gasteiger partial charge in [-0.1, -0.05) is 55.8 Å². The largest absolute Gasteiger partial charge is 0.481 e. The fourth-order valence-electron chi connectivity index (χ4n) is 2.95. The van der Waals surface area contributed by atoms with Crippen LogP contribution in [0.25, 0.3) is 6.08 Å². The van der Waals surface area contributed by atoms with Crippen LogP contribution in [-0.2, 0) is 4.79 Å². The minimum atomic E-state index is -0.693. The highest BCUT2D eigenvalue weighted by molar-refractivity contribution is 5.77. The third-order valence-corrected chi connectivity index (χ3v) is 3.84. The van der Waals surface area contributed by atoms with E-state index in [4.69, 9.17) is 0 Å². The van der Waals surface area contributed by atoms with E-state index < -0.39 is 5.97 Å². The number of aliphatic carboxylic acids is 1. The maximum atomic E-state index is 11.5. The molecule has 0 spiro atoms. The second-order valence-corrected chi connectivity index (χ2v) is 5.74. The summed E-state index contributed by atoms with van der Waals surface area (Å²) in [5.74, 6) is -1.05. The van der Waals surface area contributed by atoms with Crippen molar-refractivity contribution in [3.8, 4) is 0 Å². The van der Waals surface area contributed by atoms with Crippen LogP contribution in [0.3, 0.4) is 0 Å². The van der Waals surface area contributed by atoms with Gasteiger partial charge in [0.05, 0.1) is 5.92 Å². The van der Waals surface area contributed by atoms with Crippen LogP contribution in [0, 0.1) is 11.3 Å². The van der Waals surface area contributed by atoms with Crippen molar-refractivity contribution in [2.24, 2.45) is 11.3 Å². The molecule has 0 aliphatic heterocycles. The molecule has 18 heavy (non-hydrogen) atoms. The zero-order chi connectivity index (χ0) is 13.2. The molecule has 2 rings (SSSR count). The zero-order valence-electron chi connectivity index (χ0n) is 11.0. The van der Waals surface area contributed by atoms with Gasteiger partial charge in [-0.15, -0.1) is 0 Å². The molecule has 0 aromatic heterocycles. The Hall–Kier alpha value is -1.57. The Morgan fingerprint density at radius 3 is 2.61 bits per heavy atom. The van der Waals surface area contributed by atoms with Crippen molar-refractivity contribution in [3.63, 3.8) is 0 Å². The summed E-state index contributed by atoms with van der Waals surface area (Å²) in [6, 6.07) is 9.98. The predicted molar refractivity (Wildman–Crippen MR) is 73.2 cm³/mol. The second-order valence-electron chi connectivity index (χ2n) is 5.74. The lowest BCUT2D eigenvalue weighted by Gasteiger charge is -2.37. The lowest BCUT2D eigenvalue weighted by Crippen LogP contribution is -2.35. The molecule has 2 heteroatoms. The van der Waals surface area contributed by atoms with E-state index in [1.165, 1.54) is 0 Å². The van der Waals surface area contributed by atoms with Crippen LogP contribution in [0.15, 0.2) is 35.9 Å². The minimum Gasteiger partial charge on any atom is -0.481 e. The van der Waals surface area contributed by atoms with Gasteiger partial charge in [-0.05, 0) is 30.2 Å². The summed E-state index contributed by atoms with van der Waals surface area (Å²) in [6.45, 7) is 4.12. The van der Waals surface area contributed by atoms with Gasteiger partial charge in [-0.2, -0.15) is 0 Å². The molecule has 96 valence electrons. The first-order chi connectivity index (χ1) is 8.50. The summed E-state index contributed by atoms with van der Waals surface area (Å²) in [4.78, 5) is 11.5. The molecule has 1 aliphatic carbocycles. The van der Waals surface area contributed by atoms with Crippen molar-refractivity contribution in [1.82, 2.24) is 0 Å². The molecule has 1 N–H and O–H groups in total. The van der Waals surface area contributed by atoms with Crippen molar-refractivity contribution in [2.45, 2.75) is 33.1 Å². The van der Waals surface area contributed by atoms with Gasteiger partial charge in [0.2, 0.25) is 0 Å². The Labute approximate surface area is 108 Å². The third-order valence-electron chi connectivity index (χ3n) is 3.84. The number of carbonyl (C=O) groups is 1. The van der Waals surface area contributed by atoms with Gasteiger partial charge >= 0.3 is 5.97 Å². The molecule has 1 saturated carbocycles. The monoisotopic (exact) mass is 244 g/mol. The average Bonchev–Trinajstić information content (AvgIpc) is 2.28. The topological polar surface area (TPSA) is 37.3 Å². The zero-order valence-corrected chi connectivity index (χ0v) is 11.0. The molecule has 1 fully saturated rings. The van der Waals surface area contributed by atoms with Crippen LogP contribution in [-0.4, -0.2) is 11.1 Å². The van der Waals surface area contributed by atoms with Crippen molar-refractivity contribution < 1.29 is 9.90 Å². The van der Waals surface area contributed by atoms with Gasteiger partial charge in [-0.3, -0.25) is 4.79 Å². The molecule has 0 heterocycles. The standard InChI is InChI=1S/C16H20O2/c1-16(2)10-6-9-13(14(16)15(17)18)11-12-7-4-3-5-8-12/h3-5,7-8,11,14H,6,9-10H2,1-2H3,(H,17,18). The third kappa shape index (κ3) is 2.63. The summed E-state index contributed by atoms with van der Waals surface area (Å²) in [5.41, 5.74) is 2.01. The summed E-state index contributed by atoms with van der Waals surface area (Å²) in [6.07, 6.45) is 5.01. The molecule has 1 aromatic rings. The highest BCUT2D eigenvalue weighted by Crippen LogP contribution is 2.44. The quantitative estimate of drug-likeness (QED) is 0.854. The molecule has 2 nitrogen and oxygen atoms in total. The molecule has 1 atom stereocenters. The van der Waals surface area contributed by atoms with Gasteiger partial charge in [-0.25, -0.2) is 0 Å². The fourth-order valence-corrected chi connectivity index (χ4v) is 2.95. The highest BCUT2D eigenvalue weighted by atomic mass is 16.4. The number of hydrogen-bond acceptors (Lipinski definition) is 1. The number of rotatable bonds is 2. The van der Waals surface area contributed by atoms with Gasteiger partial charge in [0.25, 0.3) is 0 Å². The smallest absolute Gasteiger partial charge is 0.311 e. The fraction of sp³-hybridized carbons (Fsp3) is 0.438. The number of hydrogen-bond donors (Lipinski definition) is 1. The normalized spacial score (nSPS) is 25.0. The summed E-state index contributed by atoms with van der Waals surface area (Å²) >= 11 is 0. The maximum absolute atomic E-state index is 11.5. The SMILES string of the molecule is CC1(C)CCCC(=Cc2ccccc2)C1C(=O)O. The number of benzene rings is 1. The van der Waals surface area contributed by atoms with E-state index in [2.05, 4.69) is 19.9 Å². The minimum absolute atomic E-state index is 0.148. The number of carboxylic acids is 1. The Balaban J connectivity index is 2.36. The van der Waals surface area contributed by atoms with Crippen LogP contribution in [0.5, 0.6) is 0 Å². The Morgan fingerprint density at radius 1 is 1.33 bits per heavy atom. The molecule has 1 unspecified atom stereocenters. The van der Waals surface area contributed by atoms with Crippen LogP contribution in [0.1, 0.15) is 38.7 Å². The molecule has 1 aromatic carbocycles. The van der Waals surface area contributed by atoms with Crippen molar-refractivity contribution in [3.05, 3.63) is 41.5 Å². The molecule has 0 amide bonds. The van der Waals surface area contributed by atoms with Crippen LogP contribution >= 0.6 is 0 Å². The Kier molecular flexibility index (Phi) is 3.55. The van der Waals surface area contributed by atoms with E-state index in [-0.39, 0.29) is 11.3 Å². The molecule has 0 bridgehead atoms. The van der Waals surface area contributed by atoms with Crippen molar-refractivity contribution >= 4 is 12.0 Å². The van der Waals surface area contributed by atoms with Gasteiger partial charge in [0.15, 0.2) is 0 Å². The lowest BCUT2D eigenvalue weighted by atomic mass is 9.66. The van der Waals surface area contributed by atoms with Crippen LogP contribution in [0.2, 0.25) is 0 Å². The van der Waals surface area contributed by atoms with E-state index in [1.54, 1.807) is 0 Å². The van der Waals surface area contributed by atoms with E-state index >= 15 is 0 Å². The van der Waals surface area contributed by atoms with Crippen molar-refractivity contribution in [2.75, 3.05) is 0 Å². The van der Waals surface area contributed by atoms with E-state index in [1.807, 2.05) is 30.3 Å². The Morgan fingerprint density at radius 2 is 2.00 bits per heavy atom. The van der Waals surface area contributed by atoms with Gasteiger partial charge in [0.1, 0.15) is 0 Å². The Bertz CT molecular complexity index is 457. The number of carboxylic acid groups (broad SMARTS) is 1. The second kappa shape index (κ2) is 4.97. The van der Waals surface area contributed by atoms with Gasteiger partial charge in [0, 0.05) is 0 Å². The lowest BCUT2D eigenvalue weighted by molar-refractivity contribution is -0.144. The molecular weight excluding hydrogens is 224 g/mol. The van der Waals surface area contributed by atoms with E-state index in [9.17, 15) is 9.90 Å². The average molecular weight is 244 g/mol. The molecule has 1 aliphatic rings. The first-order valence-corrected chi connectivity index (χ1v) is 6.49. The molecular formula is C16H20O2. The first kappa shape index (κ1) is 12.9. The van der Waals surface area contributed by atoms with Crippen LogP contribution < -0.4 is 0 Å². The summed E-state index contributed by atoms with van der Waals surface area (Å²) in [5, 5.41) is 9.48. The summed E-state index contributed by atoms with van der Waals surface area (Å²) in [7, 11) is 0. The summed E-state index contributed by atoms with van der Waals surface area (Å²) < 4.78 is 0. The maximum Gasteiger partial charge on any atom is 0.311 e. The predicted octanol–water partition coefficient (Wildman–Crippen LogP) is 3.98. The first-order valence-electron chi connectivity index (χ1n) is 6.49.